The van der Waals surface area contributed by atoms with Gasteiger partial charge in [0.05, 0.1) is 5.92 Å². The van der Waals surface area contributed by atoms with E-state index in [4.69, 9.17) is 5.11 Å². The van der Waals surface area contributed by atoms with Crippen LogP contribution in [0.1, 0.15) is 13.8 Å². The summed E-state index contributed by atoms with van der Waals surface area (Å²) in [6.07, 6.45) is 0. The van der Waals surface area contributed by atoms with Crippen molar-refractivity contribution in [1.82, 2.24) is 4.90 Å². The van der Waals surface area contributed by atoms with Gasteiger partial charge in [0, 0.05) is 13.1 Å². The van der Waals surface area contributed by atoms with Gasteiger partial charge in [-0.2, -0.15) is 0 Å². The first-order valence-corrected chi connectivity index (χ1v) is 4.50. The summed E-state index contributed by atoms with van der Waals surface area (Å²) in [5.74, 6) is 3.38. The maximum atomic E-state index is 11.3. The maximum absolute atomic E-state index is 11.3. The lowest BCUT2D eigenvalue weighted by molar-refractivity contribution is -0.142. The van der Waals surface area contributed by atoms with Crippen LogP contribution < -0.4 is 0 Å². The zero-order valence-corrected chi connectivity index (χ0v) is 8.28. The first kappa shape index (κ1) is 10.6. The van der Waals surface area contributed by atoms with E-state index in [-0.39, 0.29) is 18.4 Å². The number of hydrogen-bond donors (Lipinski definition) is 1. The Bertz CT molecular complexity index is 313. The van der Waals surface area contributed by atoms with Crippen molar-refractivity contribution >= 4 is 11.9 Å². The van der Waals surface area contributed by atoms with Gasteiger partial charge in [0.2, 0.25) is 0 Å². The van der Waals surface area contributed by atoms with Gasteiger partial charge in [-0.1, -0.05) is 12.8 Å². The van der Waals surface area contributed by atoms with Gasteiger partial charge in [-0.15, -0.1) is 0 Å². The molecule has 0 bridgehead atoms. The molecule has 1 fully saturated rings. The number of carboxylic acid groups (broad SMARTS) is 1. The maximum Gasteiger partial charge on any atom is 0.308 e. The molecular weight excluding hydrogens is 182 g/mol. The third kappa shape index (κ3) is 2.05. The van der Waals surface area contributed by atoms with E-state index in [0.29, 0.717) is 6.54 Å². The van der Waals surface area contributed by atoms with Crippen molar-refractivity contribution in [2.75, 3.05) is 13.1 Å². The van der Waals surface area contributed by atoms with Gasteiger partial charge in [0.15, 0.2) is 0 Å². The van der Waals surface area contributed by atoms with Crippen molar-refractivity contribution in [2.45, 2.75) is 13.8 Å². The van der Waals surface area contributed by atoms with E-state index < -0.39 is 11.9 Å². The van der Waals surface area contributed by atoms with Crippen LogP contribution in [0.3, 0.4) is 0 Å². The zero-order valence-electron chi connectivity index (χ0n) is 8.28. The van der Waals surface area contributed by atoms with Crippen LogP contribution in [0, 0.1) is 23.7 Å². The van der Waals surface area contributed by atoms with Gasteiger partial charge in [-0.3, -0.25) is 9.59 Å². The first-order valence-electron chi connectivity index (χ1n) is 4.50. The third-order valence-electron chi connectivity index (χ3n) is 2.45. The molecule has 0 saturated carbocycles. The second kappa shape index (κ2) is 4.14. The lowest BCUT2D eigenvalue weighted by Gasteiger charge is -2.10. The Morgan fingerprint density at radius 1 is 1.43 bits per heavy atom. The minimum atomic E-state index is -0.836. The summed E-state index contributed by atoms with van der Waals surface area (Å²) in [6, 6.07) is 0. The van der Waals surface area contributed by atoms with Crippen LogP contribution in [0.2, 0.25) is 0 Å². The van der Waals surface area contributed by atoms with Crippen molar-refractivity contribution in [3.05, 3.63) is 0 Å². The summed E-state index contributed by atoms with van der Waals surface area (Å²) < 4.78 is 0. The Hall–Kier alpha value is -1.50. The largest absolute Gasteiger partial charge is 0.481 e. The highest BCUT2D eigenvalue weighted by molar-refractivity contribution is 5.94. The summed E-state index contributed by atoms with van der Waals surface area (Å²) in [4.78, 5) is 23.6. The number of likely N-dealkylation sites (tertiary alicyclic amines) is 1. The van der Waals surface area contributed by atoms with E-state index in [9.17, 15) is 9.59 Å². The van der Waals surface area contributed by atoms with Gasteiger partial charge in [-0.25, -0.2) is 0 Å². The highest BCUT2D eigenvalue weighted by Gasteiger charge is 2.36. The fourth-order valence-corrected chi connectivity index (χ4v) is 1.64. The molecule has 0 aliphatic carbocycles. The highest BCUT2D eigenvalue weighted by atomic mass is 16.4. The van der Waals surface area contributed by atoms with Crippen LogP contribution in [0.5, 0.6) is 0 Å². The van der Waals surface area contributed by atoms with Gasteiger partial charge in [0.25, 0.3) is 5.91 Å². The Morgan fingerprint density at radius 2 is 2.07 bits per heavy atom. The Labute approximate surface area is 82.9 Å². The lowest BCUT2D eigenvalue weighted by Crippen LogP contribution is -2.28. The Kier molecular flexibility index (Phi) is 3.13. The molecule has 4 heteroatoms. The fraction of sp³-hybridized carbons (Fsp3) is 0.600. The van der Waals surface area contributed by atoms with Crippen molar-refractivity contribution in [2.24, 2.45) is 11.8 Å². The molecule has 0 aromatic carbocycles. The average molecular weight is 195 g/mol. The second-order valence-corrected chi connectivity index (χ2v) is 3.51. The summed E-state index contributed by atoms with van der Waals surface area (Å²) in [5, 5.41) is 8.84. The number of carbonyl (C=O) groups excluding carboxylic acids is 1. The molecule has 1 rings (SSSR count). The van der Waals surface area contributed by atoms with E-state index in [1.807, 2.05) is 6.92 Å². The number of hydrogen-bond acceptors (Lipinski definition) is 2. The lowest BCUT2D eigenvalue weighted by atomic mass is 9.99. The van der Waals surface area contributed by atoms with E-state index in [1.54, 1.807) is 6.92 Å². The SMILES string of the molecule is CC#CC(=O)N1CC(C)C(C(=O)O)C1. The number of nitrogens with zero attached hydrogens (tertiary/aromatic N) is 1. The molecular formula is C10H13NO3. The molecule has 2 atom stereocenters. The second-order valence-electron chi connectivity index (χ2n) is 3.51. The molecule has 0 aromatic heterocycles. The van der Waals surface area contributed by atoms with Crippen LogP contribution >= 0.6 is 0 Å². The molecule has 1 amide bonds. The summed E-state index contributed by atoms with van der Waals surface area (Å²) >= 11 is 0. The number of carbonyl (C=O) groups is 2. The standard InChI is InChI=1S/C10H13NO3/c1-3-4-9(12)11-5-7(2)8(6-11)10(13)14/h7-8H,5-6H2,1-2H3,(H,13,14). The van der Waals surface area contributed by atoms with Crippen molar-refractivity contribution in [3.63, 3.8) is 0 Å². The minimum absolute atomic E-state index is 0.00936. The van der Waals surface area contributed by atoms with Crippen LogP contribution in [-0.4, -0.2) is 35.0 Å². The molecule has 14 heavy (non-hydrogen) atoms. The highest BCUT2D eigenvalue weighted by Crippen LogP contribution is 2.22. The van der Waals surface area contributed by atoms with Crippen LogP contribution in [0.25, 0.3) is 0 Å². The summed E-state index contributed by atoms with van der Waals surface area (Å²) in [6.45, 7) is 4.20. The molecule has 4 nitrogen and oxygen atoms in total. The monoisotopic (exact) mass is 195 g/mol. The van der Waals surface area contributed by atoms with Gasteiger partial charge in [0.1, 0.15) is 0 Å². The first-order chi connectivity index (χ1) is 6.56. The molecule has 76 valence electrons. The van der Waals surface area contributed by atoms with E-state index in [2.05, 4.69) is 11.8 Å². The Morgan fingerprint density at radius 3 is 2.50 bits per heavy atom. The predicted molar refractivity (Wildman–Crippen MR) is 50.3 cm³/mol. The molecule has 0 spiro atoms. The van der Waals surface area contributed by atoms with Crippen LogP contribution in [0.4, 0.5) is 0 Å². The smallest absolute Gasteiger partial charge is 0.308 e. The van der Waals surface area contributed by atoms with Gasteiger partial charge >= 0.3 is 5.97 Å². The number of aliphatic carboxylic acids is 1. The molecule has 1 heterocycles. The molecule has 1 N–H and O–H groups in total. The molecule has 1 saturated heterocycles. The molecule has 0 radical (unpaired) electrons. The number of rotatable bonds is 1. The summed E-state index contributed by atoms with van der Waals surface area (Å²) in [7, 11) is 0. The molecule has 1 aliphatic heterocycles. The third-order valence-corrected chi connectivity index (χ3v) is 2.45. The van der Waals surface area contributed by atoms with Crippen LogP contribution in [-0.2, 0) is 9.59 Å². The van der Waals surface area contributed by atoms with E-state index in [0.717, 1.165) is 0 Å². The van der Waals surface area contributed by atoms with Crippen molar-refractivity contribution in [3.8, 4) is 11.8 Å². The van der Waals surface area contributed by atoms with Crippen molar-refractivity contribution in [1.29, 1.82) is 0 Å². The normalized spacial score (nSPS) is 25.4. The topological polar surface area (TPSA) is 57.6 Å². The van der Waals surface area contributed by atoms with Gasteiger partial charge < -0.3 is 10.0 Å². The summed E-state index contributed by atoms with van der Waals surface area (Å²) in [5.41, 5.74) is 0. The molecule has 0 aromatic rings. The predicted octanol–water partition coefficient (Wildman–Crippen LogP) is 0.189. The van der Waals surface area contributed by atoms with Crippen molar-refractivity contribution < 1.29 is 14.7 Å². The quantitative estimate of drug-likeness (QED) is 0.607. The zero-order chi connectivity index (χ0) is 10.7. The Balaban J connectivity index is 2.66. The number of carboxylic acids is 1. The van der Waals surface area contributed by atoms with Crippen LogP contribution in [0.15, 0.2) is 0 Å². The fourth-order valence-electron chi connectivity index (χ4n) is 1.64. The van der Waals surface area contributed by atoms with E-state index in [1.165, 1.54) is 4.90 Å². The minimum Gasteiger partial charge on any atom is -0.481 e. The number of amides is 1. The molecule has 1 aliphatic rings. The molecule has 2 unspecified atom stereocenters. The van der Waals surface area contributed by atoms with E-state index >= 15 is 0 Å². The average Bonchev–Trinajstić information content (AvgIpc) is 2.48. The van der Waals surface area contributed by atoms with Gasteiger partial charge in [-0.05, 0) is 18.8 Å².